The SMILES string of the molecule is c1ccc(-c2ccccc2-n2c3ccccc3c3c(N(c4ccccc4)c4cc(-c5ccc6ccccc6c5)ccc4-c4ccc5ccccc5c4)cccc32)cc1. The van der Waals surface area contributed by atoms with Gasteiger partial charge in [0.1, 0.15) is 0 Å². The summed E-state index contributed by atoms with van der Waals surface area (Å²) in [6.45, 7) is 0. The van der Waals surface area contributed by atoms with Crippen molar-refractivity contribution in [1.29, 1.82) is 0 Å². The molecule has 2 heteroatoms. The fourth-order valence-corrected chi connectivity index (χ4v) is 8.83. The van der Waals surface area contributed by atoms with Crippen molar-refractivity contribution in [3.63, 3.8) is 0 Å². The van der Waals surface area contributed by atoms with Crippen LogP contribution in [-0.4, -0.2) is 4.57 Å². The zero-order chi connectivity index (χ0) is 38.4. The average Bonchev–Trinajstić information content (AvgIpc) is 3.64. The lowest BCUT2D eigenvalue weighted by molar-refractivity contribution is 1.18. The summed E-state index contributed by atoms with van der Waals surface area (Å²) in [5.41, 5.74) is 13.9. The summed E-state index contributed by atoms with van der Waals surface area (Å²) in [4.78, 5) is 2.48. The number of hydrogen-bond acceptors (Lipinski definition) is 1. The summed E-state index contributed by atoms with van der Waals surface area (Å²) in [6.07, 6.45) is 0. The van der Waals surface area contributed by atoms with Gasteiger partial charge < -0.3 is 9.47 Å². The van der Waals surface area contributed by atoms with Crippen LogP contribution in [0.3, 0.4) is 0 Å². The minimum absolute atomic E-state index is 1.09. The third kappa shape index (κ3) is 5.74. The Morgan fingerprint density at radius 2 is 0.879 bits per heavy atom. The molecule has 0 N–H and O–H groups in total. The fourth-order valence-electron chi connectivity index (χ4n) is 8.83. The number of aromatic nitrogens is 1. The highest BCUT2D eigenvalue weighted by atomic mass is 15.2. The van der Waals surface area contributed by atoms with Crippen LogP contribution in [0, 0.1) is 0 Å². The van der Waals surface area contributed by atoms with Crippen molar-refractivity contribution >= 4 is 60.4 Å². The Morgan fingerprint density at radius 1 is 0.310 bits per heavy atom. The highest BCUT2D eigenvalue weighted by Gasteiger charge is 2.24. The topological polar surface area (TPSA) is 8.17 Å². The summed E-state index contributed by atoms with van der Waals surface area (Å²) >= 11 is 0. The predicted molar refractivity (Wildman–Crippen MR) is 247 cm³/mol. The fraction of sp³-hybridized carbons (Fsp3) is 0. The zero-order valence-corrected chi connectivity index (χ0v) is 31.8. The van der Waals surface area contributed by atoms with Crippen LogP contribution in [0.25, 0.3) is 82.4 Å². The number of hydrogen-bond donors (Lipinski definition) is 0. The molecule has 0 atom stereocenters. The van der Waals surface area contributed by atoms with Crippen LogP contribution in [0.2, 0.25) is 0 Å². The Kier molecular flexibility index (Phi) is 8.19. The van der Waals surface area contributed by atoms with Gasteiger partial charge >= 0.3 is 0 Å². The number of para-hydroxylation sites is 3. The molecule has 0 radical (unpaired) electrons. The Labute approximate surface area is 338 Å². The van der Waals surface area contributed by atoms with Gasteiger partial charge in [-0.3, -0.25) is 0 Å². The molecule has 0 aliphatic carbocycles. The molecule has 0 unspecified atom stereocenters. The van der Waals surface area contributed by atoms with Crippen molar-refractivity contribution in [2.24, 2.45) is 0 Å². The molecule has 0 aliphatic rings. The van der Waals surface area contributed by atoms with Crippen LogP contribution in [-0.2, 0) is 0 Å². The zero-order valence-electron chi connectivity index (χ0n) is 31.8. The van der Waals surface area contributed by atoms with Gasteiger partial charge in [-0.05, 0) is 98.4 Å². The van der Waals surface area contributed by atoms with E-state index in [4.69, 9.17) is 0 Å². The minimum atomic E-state index is 1.09. The van der Waals surface area contributed by atoms with Crippen LogP contribution < -0.4 is 4.90 Å². The van der Waals surface area contributed by atoms with E-state index < -0.39 is 0 Å². The van der Waals surface area contributed by atoms with Crippen molar-refractivity contribution in [3.05, 3.63) is 231 Å². The molecule has 1 aromatic heterocycles. The first-order valence-corrected chi connectivity index (χ1v) is 19.9. The third-order valence-corrected chi connectivity index (χ3v) is 11.5. The summed E-state index contributed by atoms with van der Waals surface area (Å²) in [5.74, 6) is 0. The number of benzene rings is 10. The normalized spacial score (nSPS) is 11.4. The molecule has 0 aliphatic heterocycles. The van der Waals surface area contributed by atoms with Gasteiger partial charge in [-0.25, -0.2) is 0 Å². The molecular formula is C56H38N2. The number of fused-ring (bicyclic) bond motifs is 5. The van der Waals surface area contributed by atoms with Crippen molar-refractivity contribution < 1.29 is 0 Å². The van der Waals surface area contributed by atoms with E-state index in [2.05, 4.69) is 240 Å². The molecule has 0 saturated carbocycles. The summed E-state index contributed by atoms with van der Waals surface area (Å²) in [7, 11) is 0. The van der Waals surface area contributed by atoms with Gasteiger partial charge in [0.15, 0.2) is 0 Å². The van der Waals surface area contributed by atoms with Gasteiger partial charge in [-0.15, -0.1) is 0 Å². The second-order valence-corrected chi connectivity index (χ2v) is 14.9. The Morgan fingerprint density at radius 3 is 1.66 bits per heavy atom. The van der Waals surface area contributed by atoms with Gasteiger partial charge in [0, 0.05) is 27.6 Å². The largest absolute Gasteiger partial charge is 0.309 e. The molecular weight excluding hydrogens is 701 g/mol. The second-order valence-electron chi connectivity index (χ2n) is 14.9. The van der Waals surface area contributed by atoms with Crippen LogP contribution in [0.4, 0.5) is 17.1 Å². The van der Waals surface area contributed by atoms with E-state index >= 15 is 0 Å². The van der Waals surface area contributed by atoms with E-state index in [1.165, 1.54) is 60.1 Å². The lowest BCUT2D eigenvalue weighted by Gasteiger charge is -2.29. The first-order chi connectivity index (χ1) is 28.8. The van der Waals surface area contributed by atoms with Gasteiger partial charge in [-0.2, -0.15) is 0 Å². The van der Waals surface area contributed by atoms with E-state index in [1.54, 1.807) is 0 Å². The first kappa shape index (κ1) is 33.6. The van der Waals surface area contributed by atoms with E-state index in [-0.39, 0.29) is 0 Å². The van der Waals surface area contributed by atoms with Gasteiger partial charge in [0.25, 0.3) is 0 Å². The van der Waals surface area contributed by atoms with Crippen LogP contribution >= 0.6 is 0 Å². The van der Waals surface area contributed by atoms with Crippen molar-refractivity contribution in [1.82, 2.24) is 4.57 Å². The van der Waals surface area contributed by atoms with Gasteiger partial charge in [0.2, 0.25) is 0 Å². The van der Waals surface area contributed by atoms with E-state index in [9.17, 15) is 0 Å². The highest BCUT2D eigenvalue weighted by molar-refractivity contribution is 6.17. The van der Waals surface area contributed by atoms with Gasteiger partial charge in [0.05, 0.1) is 28.1 Å². The maximum absolute atomic E-state index is 2.48. The molecule has 1 heterocycles. The first-order valence-electron chi connectivity index (χ1n) is 19.9. The molecule has 58 heavy (non-hydrogen) atoms. The second kappa shape index (κ2) is 14.1. The van der Waals surface area contributed by atoms with Crippen molar-refractivity contribution in [2.75, 3.05) is 4.90 Å². The van der Waals surface area contributed by atoms with E-state index in [0.717, 1.165) is 39.4 Å². The Balaban J connectivity index is 1.21. The van der Waals surface area contributed by atoms with Crippen LogP contribution in [0.1, 0.15) is 0 Å². The average molecular weight is 739 g/mol. The Hall–Kier alpha value is -7.68. The standard InChI is InChI=1S/C56H38N2/c1-3-18-41(19-4-1)48-24-11-13-26-51(48)58-52-27-14-12-25-50(52)56-53(28-15-29-54(56)58)57(47-22-5-2-6-23-47)55-38-45(44-32-30-39-16-7-9-20-42(39)36-44)34-35-49(55)46-33-31-40-17-8-10-21-43(40)37-46/h1-38H. The minimum Gasteiger partial charge on any atom is -0.309 e. The van der Waals surface area contributed by atoms with Crippen molar-refractivity contribution in [2.45, 2.75) is 0 Å². The maximum atomic E-state index is 2.48. The molecule has 10 aromatic carbocycles. The summed E-state index contributed by atoms with van der Waals surface area (Å²) in [5, 5.41) is 7.32. The molecule has 0 spiro atoms. The monoisotopic (exact) mass is 738 g/mol. The van der Waals surface area contributed by atoms with Crippen molar-refractivity contribution in [3.8, 4) is 39.1 Å². The predicted octanol–water partition coefficient (Wildman–Crippen LogP) is 15.6. The molecule has 272 valence electrons. The Bertz CT molecular complexity index is 3290. The molecule has 0 fully saturated rings. The van der Waals surface area contributed by atoms with Gasteiger partial charge in [-0.1, -0.05) is 176 Å². The molecule has 0 bridgehead atoms. The lowest BCUT2D eigenvalue weighted by Crippen LogP contribution is -2.12. The lowest BCUT2D eigenvalue weighted by atomic mass is 9.94. The molecule has 0 saturated heterocycles. The summed E-state index contributed by atoms with van der Waals surface area (Å²) < 4.78 is 2.45. The maximum Gasteiger partial charge on any atom is 0.0562 e. The summed E-state index contributed by atoms with van der Waals surface area (Å²) in [6, 6.07) is 83.9. The van der Waals surface area contributed by atoms with E-state index in [0.29, 0.717) is 0 Å². The van der Waals surface area contributed by atoms with E-state index in [1.807, 2.05) is 0 Å². The smallest absolute Gasteiger partial charge is 0.0562 e. The quantitative estimate of drug-likeness (QED) is 0.158. The molecule has 11 rings (SSSR count). The molecule has 2 nitrogen and oxygen atoms in total. The highest BCUT2D eigenvalue weighted by Crippen LogP contribution is 2.48. The molecule has 11 aromatic rings. The molecule has 0 amide bonds. The van der Waals surface area contributed by atoms with Crippen LogP contribution in [0.5, 0.6) is 0 Å². The number of anilines is 3. The number of rotatable bonds is 7. The number of nitrogens with zero attached hydrogens (tertiary/aromatic N) is 2. The van der Waals surface area contributed by atoms with Crippen LogP contribution in [0.15, 0.2) is 231 Å². The third-order valence-electron chi connectivity index (χ3n) is 11.5.